The summed E-state index contributed by atoms with van der Waals surface area (Å²) < 4.78 is 1.74. The summed E-state index contributed by atoms with van der Waals surface area (Å²) in [5.74, 6) is -0.0244. The van der Waals surface area contributed by atoms with Crippen LogP contribution in [-0.4, -0.2) is 12.5 Å². The van der Waals surface area contributed by atoms with Crippen molar-refractivity contribution in [3.8, 4) is 0 Å². The zero-order chi connectivity index (χ0) is 15.4. The van der Waals surface area contributed by atoms with Gasteiger partial charge in [0.25, 0.3) is 5.91 Å². The number of halogens is 2. The molecule has 0 aliphatic carbocycles. The van der Waals surface area contributed by atoms with Gasteiger partial charge in [-0.15, -0.1) is 0 Å². The Kier molecular flexibility index (Phi) is 5.42. The molecule has 1 amide bonds. The third kappa shape index (κ3) is 4.08. The lowest BCUT2D eigenvalue weighted by Gasteiger charge is -2.22. The van der Waals surface area contributed by atoms with Gasteiger partial charge in [0.15, 0.2) is 0 Å². The Morgan fingerprint density at radius 1 is 1.10 bits per heavy atom. The Morgan fingerprint density at radius 3 is 2.19 bits per heavy atom. The minimum Gasteiger partial charge on any atom is -0.399 e. The van der Waals surface area contributed by atoms with Gasteiger partial charge in [0.05, 0.1) is 0 Å². The van der Waals surface area contributed by atoms with E-state index in [4.69, 9.17) is 5.73 Å². The summed E-state index contributed by atoms with van der Waals surface area (Å²) in [5, 5.41) is 0. The second-order valence-corrected chi connectivity index (χ2v) is 6.54. The lowest BCUT2D eigenvalue weighted by molar-refractivity contribution is 0.0987. The number of benzene rings is 2. The molecule has 0 aliphatic heterocycles. The average molecular weight is 412 g/mol. The van der Waals surface area contributed by atoms with Gasteiger partial charge in [-0.05, 0) is 48.9 Å². The van der Waals surface area contributed by atoms with E-state index in [2.05, 4.69) is 38.8 Å². The number of rotatable bonds is 4. The maximum atomic E-state index is 12.8. The van der Waals surface area contributed by atoms with Crippen LogP contribution in [-0.2, 0) is 0 Å². The molecule has 0 unspecified atom stereocenters. The monoisotopic (exact) mass is 410 g/mol. The van der Waals surface area contributed by atoms with Gasteiger partial charge in [0.2, 0.25) is 0 Å². The normalized spacial score (nSPS) is 10.4. The van der Waals surface area contributed by atoms with Crippen molar-refractivity contribution >= 4 is 49.1 Å². The molecular weight excluding hydrogens is 396 g/mol. The summed E-state index contributed by atoms with van der Waals surface area (Å²) in [6.07, 6.45) is 0.880. The summed E-state index contributed by atoms with van der Waals surface area (Å²) >= 11 is 6.84. The molecule has 0 saturated carbocycles. The van der Waals surface area contributed by atoms with Crippen LogP contribution < -0.4 is 10.6 Å². The molecule has 0 aliphatic rings. The molecule has 5 heteroatoms. The van der Waals surface area contributed by atoms with Gasteiger partial charge in [0, 0.05) is 32.4 Å². The Hall–Kier alpha value is -1.33. The topological polar surface area (TPSA) is 46.3 Å². The summed E-state index contributed by atoms with van der Waals surface area (Å²) in [5.41, 5.74) is 7.89. The van der Waals surface area contributed by atoms with Crippen molar-refractivity contribution < 1.29 is 4.79 Å². The molecule has 0 radical (unpaired) electrons. The van der Waals surface area contributed by atoms with E-state index in [1.165, 1.54) is 0 Å². The van der Waals surface area contributed by atoms with Crippen LogP contribution in [0.4, 0.5) is 11.4 Å². The van der Waals surface area contributed by atoms with Crippen LogP contribution >= 0.6 is 31.9 Å². The Bertz CT molecular complexity index is 621. The van der Waals surface area contributed by atoms with Crippen molar-refractivity contribution in [3.63, 3.8) is 0 Å². The molecule has 0 bridgehead atoms. The molecule has 2 rings (SSSR count). The number of nitrogens with zero attached hydrogens (tertiary/aromatic N) is 1. The fourth-order valence-electron chi connectivity index (χ4n) is 2.06. The number of hydrogen-bond donors (Lipinski definition) is 1. The maximum absolute atomic E-state index is 12.8. The third-order valence-corrected chi connectivity index (χ3v) is 3.92. The number of carbonyl (C=O) groups is 1. The van der Waals surface area contributed by atoms with Crippen LogP contribution in [0.1, 0.15) is 23.7 Å². The first-order chi connectivity index (χ1) is 10.0. The molecule has 0 aromatic heterocycles. The summed E-state index contributed by atoms with van der Waals surface area (Å²) in [7, 11) is 0. The molecule has 2 aromatic rings. The highest BCUT2D eigenvalue weighted by Gasteiger charge is 2.17. The molecule has 21 heavy (non-hydrogen) atoms. The first-order valence-corrected chi connectivity index (χ1v) is 8.23. The van der Waals surface area contributed by atoms with E-state index in [1.54, 1.807) is 4.90 Å². The van der Waals surface area contributed by atoms with Crippen molar-refractivity contribution in [1.82, 2.24) is 0 Å². The average Bonchev–Trinajstić information content (AvgIpc) is 2.44. The van der Waals surface area contributed by atoms with Crippen molar-refractivity contribution in [1.29, 1.82) is 0 Å². The number of carbonyl (C=O) groups excluding carboxylic acids is 1. The van der Waals surface area contributed by atoms with Crippen LogP contribution in [0, 0.1) is 0 Å². The van der Waals surface area contributed by atoms with Crippen LogP contribution in [0.5, 0.6) is 0 Å². The summed E-state index contributed by atoms with van der Waals surface area (Å²) in [6.45, 7) is 2.71. The molecule has 2 N–H and O–H groups in total. The maximum Gasteiger partial charge on any atom is 0.258 e. The van der Waals surface area contributed by atoms with Gasteiger partial charge in [-0.2, -0.15) is 0 Å². The van der Waals surface area contributed by atoms with Crippen LogP contribution in [0.3, 0.4) is 0 Å². The highest BCUT2D eigenvalue weighted by molar-refractivity contribution is 9.11. The molecule has 0 heterocycles. The first-order valence-electron chi connectivity index (χ1n) is 6.64. The van der Waals surface area contributed by atoms with Gasteiger partial charge in [-0.1, -0.05) is 38.8 Å². The van der Waals surface area contributed by atoms with Crippen LogP contribution in [0.2, 0.25) is 0 Å². The highest BCUT2D eigenvalue weighted by Crippen LogP contribution is 2.24. The van der Waals surface area contributed by atoms with Gasteiger partial charge >= 0.3 is 0 Å². The minimum absolute atomic E-state index is 0.0244. The van der Waals surface area contributed by atoms with Crippen LogP contribution in [0.15, 0.2) is 51.4 Å². The van der Waals surface area contributed by atoms with Crippen molar-refractivity contribution in [2.24, 2.45) is 0 Å². The molecule has 110 valence electrons. The zero-order valence-corrected chi connectivity index (χ0v) is 14.8. The molecule has 0 saturated heterocycles. The largest absolute Gasteiger partial charge is 0.399 e. The van der Waals surface area contributed by atoms with E-state index >= 15 is 0 Å². The first kappa shape index (κ1) is 16.0. The summed E-state index contributed by atoms with van der Waals surface area (Å²) in [6, 6.07) is 12.9. The Morgan fingerprint density at radius 2 is 1.67 bits per heavy atom. The van der Waals surface area contributed by atoms with Gasteiger partial charge in [-0.25, -0.2) is 0 Å². The fourth-order valence-corrected chi connectivity index (χ4v) is 3.35. The van der Waals surface area contributed by atoms with Crippen molar-refractivity contribution in [2.75, 3.05) is 17.2 Å². The number of nitrogen functional groups attached to an aromatic ring is 1. The lowest BCUT2D eigenvalue weighted by Crippen LogP contribution is -2.31. The van der Waals surface area contributed by atoms with E-state index in [9.17, 15) is 4.79 Å². The molecule has 2 aromatic carbocycles. The highest BCUT2D eigenvalue weighted by atomic mass is 79.9. The predicted molar refractivity (Wildman–Crippen MR) is 94.7 cm³/mol. The molecule has 0 spiro atoms. The summed E-state index contributed by atoms with van der Waals surface area (Å²) in [4.78, 5) is 14.5. The number of nitrogens with two attached hydrogens (primary N) is 1. The Labute approximate surface area is 141 Å². The molecule has 3 nitrogen and oxygen atoms in total. The van der Waals surface area contributed by atoms with Crippen LogP contribution in [0.25, 0.3) is 0 Å². The minimum atomic E-state index is -0.0244. The molecular formula is C16H16Br2N2O. The SMILES string of the molecule is CCCN(C(=O)c1cc(Br)cc(Br)c1)c1ccc(N)cc1. The van der Waals surface area contributed by atoms with E-state index < -0.39 is 0 Å². The van der Waals surface area contributed by atoms with E-state index in [-0.39, 0.29) is 5.91 Å². The van der Waals surface area contributed by atoms with E-state index in [0.717, 1.165) is 21.1 Å². The number of amides is 1. The quantitative estimate of drug-likeness (QED) is 0.730. The second-order valence-electron chi connectivity index (χ2n) is 4.71. The van der Waals surface area contributed by atoms with Crippen molar-refractivity contribution in [3.05, 3.63) is 57.0 Å². The third-order valence-electron chi connectivity index (χ3n) is 3.01. The van der Waals surface area contributed by atoms with Crippen molar-refractivity contribution in [2.45, 2.75) is 13.3 Å². The molecule has 0 fully saturated rings. The number of anilines is 2. The van der Waals surface area contributed by atoms with Gasteiger partial charge in [0.1, 0.15) is 0 Å². The standard InChI is InChI=1S/C16H16Br2N2O/c1-2-7-20(15-5-3-14(19)4-6-15)16(21)11-8-12(17)10-13(18)9-11/h3-6,8-10H,2,7,19H2,1H3. The Balaban J connectivity index is 2.37. The van der Waals surface area contributed by atoms with Gasteiger partial charge < -0.3 is 10.6 Å². The number of hydrogen-bond acceptors (Lipinski definition) is 2. The van der Waals surface area contributed by atoms with E-state index in [0.29, 0.717) is 17.8 Å². The van der Waals surface area contributed by atoms with Gasteiger partial charge in [-0.3, -0.25) is 4.79 Å². The predicted octanol–water partition coefficient (Wildman–Crippen LogP) is 4.85. The van der Waals surface area contributed by atoms with E-state index in [1.807, 2.05) is 42.5 Å². The second kappa shape index (κ2) is 7.09. The smallest absolute Gasteiger partial charge is 0.258 e. The fraction of sp³-hybridized carbons (Fsp3) is 0.188. The molecule has 0 atom stereocenters. The lowest BCUT2D eigenvalue weighted by atomic mass is 10.1. The zero-order valence-electron chi connectivity index (χ0n) is 11.6.